The van der Waals surface area contributed by atoms with Gasteiger partial charge >= 0.3 is 0 Å². The molecule has 1 aliphatic rings. The molecule has 2 unspecified atom stereocenters. The summed E-state index contributed by atoms with van der Waals surface area (Å²) in [7, 11) is 0. The first kappa shape index (κ1) is 13.5. The van der Waals surface area contributed by atoms with Gasteiger partial charge in [-0.1, -0.05) is 38.5 Å². The van der Waals surface area contributed by atoms with Crippen LogP contribution in [-0.2, 0) is 0 Å². The van der Waals surface area contributed by atoms with E-state index in [1.807, 2.05) is 12.1 Å². The Kier molecular flexibility index (Phi) is 4.39. The molecule has 1 N–H and O–H groups in total. The highest BCUT2D eigenvalue weighted by atomic mass is 19.1. The van der Waals surface area contributed by atoms with Crippen LogP contribution >= 0.6 is 0 Å². The van der Waals surface area contributed by atoms with Crippen LogP contribution in [0.15, 0.2) is 24.3 Å². The molecule has 0 radical (unpaired) electrons. The summed E-state index contributed by atoms with van der Waals surface area (Å²) >= 11 is 0. The third-order valence-electron chi connectivity index (χ3n) is 4.36. The second-order valence-corrected chi connectivity index (χ2v) is 5.82. The Bertz CT molecular complexity index is 380. The minimum absolute atomic E-state index is 0.0826. The smallest absolute Gasteiger partial charge is 0.127 e. The van der Waals surface area contributed by atoms with Gasteiger partial charge in [0, 0.05) is 17.6 Å². The lowest BCUT2D eigenvalue weighted by Crippen LogP contribution is -2.44. The fourth-order valence-corrected chi connectivity index (χ4v) is 3.22. The zero-order chi connectivity index (χ0) is 13.1. The average Bonchev–Trinajstić information content (AvgIpc) is 2.34. The number of benzene rings is 1. The molecule has 0 heterocycles. The van der Waals surface area contributed by atoms with Gasteiger partial charge in [0.2, 0.25) is 0 Å². The number of rotatable bonds is 3. The Labute approximate surface area is 110 Å². The summed E-state index contributed by atoms with van der Waals surface area (Å²) in [6, 6.07) is 7.67. The molecule has 3 atom stereocenters. The first-order chi connectivity index (χ1) is 8.59. The van der Waals surface area contributed by atoms with Crippen molar-refractivity contribution in [2.45, 2.75) is 52.1 Å². The summed E-state index contributed by atoms with van der Waals surface area (Å²) in [4.78, 5) is 0. The first-order valence-electron chi connectivity index (χ1n) is 7.10. The normalized spacial score (nSPS) is 30.1. The van der Waals surface area contributed by atoms with Gasteiger partial charge in [0.05, 0.1) is 0 Å². The highest BCUT2D eigenvalue weighted by Crippen LogP contribution is 2.30. The van der Waals surface area contributed by atoms with Crippen LogP contribution in [0.3, 0.4) is 0 Å². The van der Waals surface area contributed by atoms with Gasteiger partial charge in [-0.25, -0.2) is 4.39 Å². The van der Waals surface area contributed by atoms with Crippen molar-refractivity contribution in [1.29, 1.82) is 0 Å². The maximum atomic E-state index is 13.7. The molecule has 0 bridgehead atoms. The highest BCUT2D eigenvalue weighted by molar-refractivity contribution is 5.20. The Hall–Kier alpha value is -0.890. The Morgan fingerprint density at radius 1 is 1.17 bits per heavy atom. The molecule has 0 amide bonds. The molecule has 0 spiro atoms. The minimum Gasteiger partial charge on any atom is -0.307 e. The zero-order valence-corrected chi connectivity index (χ0v) is 11.6. The molecular formula is C16H24FN. The number of nitrogens with one attached hydrogen (secondary N) is 1. The predicted molar refractivity (Wildman–Crippen MR) is 73.9 cm³/mol. The van der Waals surface area contributed by atoms with Gasteiger partial charge < -0.3 is 5.32 Å². The first-order valence-corrected chi connectivity index (χ1v) is 7.10. The van der Waals surface area contributed by atoms with Gasteiger partial charge in [0.15, 0.2) is 0 Å². The summed E-state index contributed by atoms with van der Waals surface area (Å²) in [5.74, 6) is 1.26. The lowest BCUT2D eigenvalue weighted by Gasteiger charge is -2.37. The molecule has 1 aliphatic carbocycles. The van der Waals surface area contributed by atoms with Crippen LogP contribution in [0.2, 0.25) is 0 Å². The molecular weight excluding hydrogens is 225 g/mol. The van der Waals surface area contributed by atoms with Crippen molar-refractivity contribution in [3.8, 4) is 0 Å². The minimum atomic E-state index is -0.103. The standard InChI is InChI=1S/C16H24FN/c1-11-7-6-8-12(2)16(11)18-13(3)14-9-4-5-10-15(14)17/h4-5,9-13,16,18H,6-8H2,1-3H3/t11?,12?,13-,16?/m1/s1. The summed E-state index contributed by atoms with van der Waals surface area (Å²) in [5, 5.41) is 3.64. The van der Waals surface area contributed by atoms with Crippen molar-refractivity contribution in [3.63, 3.8) is 0 Å². The van der Waals surface area contributed by atoms with Gasteiger partial charge in [-0.3, -0.25) is 0 Å². The van der Waals surface area contributed by atoms with Crippen LogP contribution in [0, 0.1) is 17.7 Å². The van der Waals surface area contributed by atoms with E-state index in [4.69, 9.17) is 0 Å². The summed E-state index contributed by atoms with van der Waals surface area (Å²) in [6.45, 7) is 6.68. The topological polar surface area (TPSA) is 12.0 Å². The molecule has 0 aliphatic heterocycles. The average molecular weight is 249 g/mol. The predicted octanol–water partition coefficient (Wildman–Crippen LogP) is 4.30. The third-order valence-corrected chi connectivity index (χ3v) is 4.36. The van der Waals surface area contributed by atoms with Gasteiger partial charge in [-0.05, 0) is 37.7 Å². The molecule has 2 heteroatoms. The molecule has 18 heavy (non-hydrogen) atoms. The van der Waals surface area contributed by atoms with Crippen LogP contribution in [0.25, 0.3) is 0 Å². The number of halogens is 1. The van der Waals surface area contributed by atoms with Crippen molar-refractivity contribution < 1.29 is 4.39 Å². The van der Waals surface area contributed by atoms with Crippen molar-refractivity contribution in [1.82, 2.24) is 5.32 Å². The van der Waals surface area contributed by atoms with E-state index < -0.39 is 0 Å². The third kappa shape index (κ3) is 2.92. The van der Waals surface area contributed by atoms with Gasteiger partial charge in [0.25, 0.3) is 0 Å². The summed E-state index contributed by atoms with van der Waals surface area (Å²) in [6.07, 6.45) is 3.90. The Morgan fingerprint density at radius 2 is 1.78 bits per heavy atom. The maximum absolute atomic E-state index is 13.7. The monoisotopic (exact) mass is 249 g/mol. The second-order valence-electron chi connectivity index (χ2n) is 5.82. The van der Waals surface area contributed by atoms with Crippen molar-refractivity contribution in [2.75, 3.05) is 0 Å². The van der Waals surface area contributed by atoms with Crippen LogP contribution < -0.4 is 5.32 Å². The van der Waals surface area contributed by atoms with Crippen molar-refractivity contribution in [2.24, 2.45) is 11.8 Å². The van der Waals surface area contributed by atoms with E-state index in [1.165, 1.54) is 19.3 Å². The van der Waals surface area contributed by atoms with E-state index in [9.17, 15) is 4.39 Å². The molecule has 1 fully saturated rings. The van der Waals surface area contributed by atoms with E-state index in [0.29, 0.717) is 17.9 Å². The molecule has 100 valence electrons. The molecule has 1 saturated carbocycles. The maximum Gasteiger partial charge on any atom is 0.127 e. The van der Waals surface area contributed by atoms with E-state index in [-0.39, 0.29) is 11.9 Å². The fourth-order valence-electron chi connectivity index (χ4n) is 3.22. The SMILES string of the molecule is CC1CCCC(C)C1N[C@H](C)c1ccccc1F. The Balaban J connectivity index is 2.06. The van der Waals surface area contributed by atoms with Crippen molar-refractivity contribution >= 4 is 0 Å². The summed E-state index contributed by atoms with van der Waals surface area (Å²) in [5.41, 5.74) is 0.780. The van der Waals surface area contributed by atoms with Crippen LogP contribution in [0.5, 0.6) is 0 Å². The number of hydrogen-bond donors (Lipinski definition) is 1. The molecule has 0 saturated heterocycles. The molecule has 0 aromatic heterocycles. The molecule has 2 rings (SSSR count). The highest BCUT2D eigenvalue weighted by Gasteiger charge is 2.29. The molecule has 1 aromatic rings. The van der Waals surface area contributed by atoms with Gasteiger partial charge in [0.1, 0.15) is 5.82 Å². The lowest BCUT2D eigenvalue weighted by atomic mass is 9.78. The zero-order valence-electron chi connectivity index (χ0n) is 11.6. The summed E-state index contributed by atoms with van der Waals surface area (Å²) < 4.78 is 13.7. The van der Waals surface area contributed by atoms with E-state index in [2.05, 4.69) is 26.1 Å². The van der Waals surface area contributed by atoms with Crippen LogP contribution in [0.4, 0.5) is 4.39 Å². The molecule has 1 nitrogen and oxygen atoms in total. The lowest BCUT2D eigenvalue weighted by molar-refractivity contribution is 0.195. The Morgan fingerprint density at radius 3 is 2.39 bits per heavy atom. The van der Waals surface area contributed by atoms with Crippen molar-refractivity contribution in [3.05, 3.63) is 35.6 Å². The number of hydrogen-bond acceptors (Lipinski definition) is 1. The largest absolute Gasteiger partial charge is 0.307 e. The van der Waals surface area contributed by atoms with Crippen LogP contribution in [-0.4, -0.2) is 6.04 Å². The van der Waals surface area contributed by atoms with E-state index in [1.54, 1.807) is 12.1 Å². The fraction of sp³-hybridized carbons (Fsp3) is 0.625. The second kappa shape index (κ2) is 5.83. The van der Waals surface area contributed by atoms with Gasteiger partial charge in [-0.2, -0.15) is 0 Å². The molecule has 1 aromatic carbocycles. The van der Waals surface area contributed by atoms with Gasteiger partial charge in [-0.15, -0.1) is 0 Å². The quantitative estimate of drug-likeness (QED) is 0.842. The van der Waals surface area contributed by atoms with E-state index >= 15 is 0 Å². The van der Waals surface area contributed by atoms with Crippen LogP contribution in [0.1, 0.15) is 51.6 Å². The van der Waals surface area contributed by atoms with E-state index in [0.717, 1.165) is 5.56 Å².